The number of carbonyl (C=O) groups is 1. The molecule has 0 saturated heterocycles. The highest BCUT2D eigenvalue weighted by Crippen LogP contribution is 2.26. The van der Waals surface area contributed by atoms with Gasteiger partial charge in [0.15, 0.2) is 0 Å². The van der Waals surface area contributed by atoms with E-state index in [2.05, 4.69) is 44.2 Å². The van der Waals surface area contributed by atoms with Crippen molar-refractivity contribution in [1.29, 1.82) is 0 Å². The van der Waals surface area contributed by atoms with E-state index in [0.29, 0.717) is 11.5 Å². The molecule has 106 valence electrons. The maximum atomic E-state index is 12.0. The van der Waals surface area contributed by atoms with Gasteiger partial charge in [-0.05, 0) is 35.6 Å². The number of carbonyl (C=O) groups excluding carboxylic acids is 1. The van der Waals surface area contributed by atoms with Gasteiger partial charge >= 0.3 is 0 Å². The molecule has 0 atom stereocenters. The van der Waals surface area contributed by atoms with Crippen LogP contribution in [0.3, 0.4) is 0 Å². The summed E-state index contributed by atoms with van der Waals surface area (Å²) in [5.74, 6) is 5.68. The van der Waals surface area contributed by atoms with Gasteiger partial charge in [0.25, 0.3) is 5.91 Å². The first kappa shape index (κ1) is 14.5. The Kier molecular flexibility index (Phi) is 4.04. The Hall–Kier alpha value is -1.94. The number of aromatic nitrogens is 1. The van der Waals surface area contributed by atoms with Gasteiger partial charge < -0.3 is 0 Å². The predicted molar refractivity (Wildman–Crippen MR) is 81.6 cm³/mol. The van der Waals surface area contributed by atoms with Crippen LogP contribution in [0.5, 0.6) is 0 Å². The van der Waals surface area contributed by atoms with Crippen LogP contribution < -0.4 is 11.3 Å². The molecule has 0 aliphatic rings. The second kappa shape index (κ2) is 5.59. The van der Waals surface area contributed by atoms with E-state index < -0.39 is 0 Å². The van der Waals surface area contributed by atoms with Crippen molar-refractivity contribution in [3.8, 4) is 0 Å². The third-order valence-electron chi connectivity index (χ3n) is 3.49. The van der Waals surface area contributed by atoms with Crippen LogP contribution in [0.25, 0.3) is 10.9 Å². The zero-order valence-corrected chi connectivity index (χ0v) is 12.4. The van der Waals surface area contributed by atoms with Gasteiger partial charge in [0.1, 0.15) is 0 Å². The standard InChI is InChI=1S/C16H21N3O/c1-9(2)11-5-6-14-12(7-11)13(16(20)19-17)8-15(18-14)10(3)4/h5-10H,17H2,1-4H3,(H,19,20). The number of nitrogens with two attached hydrogens (primary N) is 1. The van der Waals surface area contributed by atoms with Crippen molar-refractivity contribution in [3.05, 3.63) is 41.1 Å². The maximum absolute atomic E-state index is 12.0. The number of hydrogen-bond donors (Lipinski definition) is 2. The first-order valence-electron chi connectivity index (χ1n) is 6.89. The minimum atomic E-state index is -0.278. The van der Waals surface area contributed by atoms with Crippen molar-refractivity contribution < 1.29 is 4.79 Å². The Labute approximate surface area is 119 Å². The molecule has 1 aromatic heterocycles. The number of nitrogen functional groups attached to an aromatic ring is 1. The van der Waals surface area contributed by atoms with Crippen molar-refractivity contribution >= 4 is 16.8 Å². The Bertz CT molecular complexity index is 647. The lowest BCUT2D eigenvalue weighted by atomic mass is 9.97. The Morgan fingerprint density at radius 3 is 2.40 bits per heavy atom. The second-order valence-corrected chi connectivity index (χ2v) is 5.65. The quantitative estimate of drug-likeness (QED) is 0.512. The van der Waals surface area contributed by atoms with Crippen LogP contribution >= 0.6 is 0 Å². The van der Waals surface area contributed by atoms with Gasteiger partial charge in [-0.25, -0.2) is 5.84 Å². The monoisotopic (exact) mass is 271 g/mol. The van der Waals surface area contributed by atoms with E-state index >= 15 is 0 Å². The lowest BCUT2D eigenvalue weighted by Crippen LogP contribution is -2.30. The summed E-state index contributed by atoms with van der Waals surface area (Å²) in [7, 11) is 0. The number of pyridine rings is 1. The van der Waals surface area contributed by atoms with Crippen LogP contribution in [-0.2, 0) is 0 Å². The number of hydrazine groups is 1. The molecule has 20 heavy (non-hydrogen) atoms. The Morgan fingerprint density at radius 1 is 1.15 bits per heavy atom. The van der Waals surface area contributed by atoms with E-state index in [9.17, 15) is 4.79 Å². The lowest BCUT2D eigenvalue weighted by molar-refractivity contribution is 0.0955. The summed E-state index contributed by atoms with van der Waals surface area (Å²) in [5, 5.41) is 0.851. The average molecular weight is 271 g/mol. The van der Waals surface area contributed by atoms with E-state index in [1.54, 1.807) is 0 Å². The molecule has 0 radical (unpaired) electrons. The van der Waals surface area contributed by atoms with Crippen LogP contribution in [0, 0.1) is 0 Å². The molecule has 1 heterocycles. The van der Waals surface area contributed by atoms with E-state index in [4.69, 9.17) is 5.84 Å². The normalized spacial score (nSPS) is 11.3. The van der Waals surface area contributed by atoms with Gasteiger partial charge in [0.2, 0.25) is 0 Å². The maximum Gasteiger partial charge on any atom is 0.265 e. The minimum absolute atomic E-state index is 0.258. The molecule has 0 saturated carbocycles. The number of rotatable bonds is 3. The second-order valence-electron chi connectivity index (χ2n) is 5.65. The summed E-state index contributed by atoms with van der Waals surface area (Å²) in [6, 6.07) is 7.90. The number of nitrogens with one attached hydrogen (secondary N) is 1. The number of hydrogen-bond acceptors (Lipinski definition) is 3. The first-order chi connectivity index (χ1) is 9.43. The van der Waals surface area contributed by atoms with Gasteiger partial charge in [-0.2, -0.15) is 0 Å². The third kappa shape index (κ3) is 2.65. The van der Waals surface area contributed by atoms with Crippen molar-refractivity contribution in [2.24, 2.45) is 5.84 Å². The number of nitrogens with zero attached hydrogens (tertiary/aromatic N) is 1. The van der Waals surface area contributed by atoms with Crippen molar-refractivity contribution in [2.75, 3.05) is 0 Å². The van der Waals surface area contributed by atoms with Gasteiger partial charge in [0.05, 0.1) is 11.1 Å². The molecule has 4 nitrogen and oxygen atoms in total. The molecular weight excluding hydrogens is 250 g/mol. The fraction of sp³-hybridized carbons (Fsp3) is 0.375. The van der Waals surface area contributed by atoms with E-state index in [1.165, 1.54) is 5.56 Å². The summed E-state index contributed by atoms with van der Waals surface area (Å²) < 4.78 is 0. The molecule has 2 aromatic rings. The molecule has 0 aliphatic heterocycles. The molecule has 1 aromatic carbocycles. The van der Waals surface area contributed by atoms with Crippen LogP contribution in [0.2, 0.25) is 0 Å². The van der Waals surface area contributed by atoms with E-state index in [1.807, 2.05) is 18.2 Å². The highest BCUT2D eigenvalue weighted by atomic mass is 16.2. The van der Waals surface area contributed by atoms with Gasteiger partial charge in [-0.3, -0.25) is 15.2 Å². The summed E-state index contributed by atoms with van der Waals surface area (Å²) in [6.07, 6.45) is 0. The van der Waals surface area contributed by atoms with Crippen LogP contribution in [-0.4, -0.2) is 10.9 Å². The van der Waals surface area contributed by atoms with Crippen LogP contribution in [0.15, 0.2) is 24.3 Å². The third-order valence-corrected chi connectivity index (χ3v) is 3.49. The van der Waals surface area contributed by atoms with Gasteiger partial charge in [-0.15, -0.1) is 0 Å². The predicted octanol–water partition coefficient (Wildman–Crippen LogP) is 3.09. The first-order valence-corrected chi connectivity index (χ1v) is 6.89. The fourth-order valence-electron chi connectivity index (χ4n) is 2.18. The zero-order chi connectivity index (χ0) is 14.9. The minimum Gasteiger partial charge on any atom is -0.290 e. The molecule has 3 N–H and O–H groups in total. The topological polar surface area (TPSA) is 68.0 Å². The van der Waals surface area contributed by atoms with Gasteiger partial charge in [0, 0.05) is 11.1 Å². The summed E-state index contributed by atoms with van der Waals surface area (Å²) >= 11 is 0. The van der Waals surface area contributed by atoms with E-state index in [0.717, 1.165) is 16.6 Å². The molecule has 2 rings (SSSR count). The molecule has 1 amide bonds. The smallest absolute Gasteiger partial charge is 0.265 e. The summed E-state index contributed by atoms with van der Waals surface area (Å²) in [5.41, 5.74) is 5.72. The number of amides is 1. The highest BCUT2D eigenvalue weighted by molar-refractivity contribution is 6.06. The molecule has 0 unspecified atom stereocenters. The Morgan fingerprint density at radius 2 is 1.85 bits per heavy atom. The van der Waals surface area contributed by atoms with Gasteiger partial charge in [-0.1, -0.05) is 33.8 Å². The fourth-order valence-corrected chi connectivity index (χ4v) is 2.18. The summed E-state index contributed by atoms with van der Waals surface area (Å²) in [6.45, 7) is 8.36. The molecule has 4 heteroatoms. The van der Waals surface area contributed by atoms with Crippen molar-refractivity contribution in [2.45, 2.75) is 39.5 Å². The van der Waals surface area contributed by atoms with E-state index in [-0.39, 0.29) is 11.8 Å². The number of benzene rings is 1. The Balaban J connectivity index is 2.74. The van der Waals surface area contributed by atoms with Crippen LogP contribution in [0.4, 0.5) is 0 Å². The molecule has 0 fully saturated rings. The largest absolute Gasteiger partial charge is 0.290 e. The number of fused-ring (bicyclic) bond motifs is 1. The molecule has 0 spiro atoms. The molecular formula is C16H21N3O. The lowest BCUT2D eigenvalue weighted by Gasteiger charge is -2.13. The molecule has 0 bridgehead atoms. The van der Waals surface area contributed by atoms with Crippen LogP contribution in [0.1, 0.15) is 61.1 Å². The summed E-state index contributed by atoms with van der Waals surface area (Å²) in [4.78, 5) is 16.7. The SMILES string of the molecule is CC(C)c1ccc2nc(C(C)C)cc(C(=O)NN)c2c1. The van der Waals surface area contributed by atoms with Crippen molar-refractivity contribution in [1.82, 2.24) is 10.4 Å². The molecule has 0 aliphatic carbocycles. The zero-order valence-electron chi connectivity index (χ0n) is 12.4. The highest BCUT2D eigenvalue weighted by Gasteiger charge is 2.14. The van der Waals surface area contributed by atoms with Crippen molar-refractivity contribution in [3.63, 3.8) is 0 Å². The average Bonchev–Trinajstić information content (AvgIpc) is 2.44.